The molecule has 0 bridgehead atoms. The van der Waals surface area contributed by atoms with Gasteiger partial charge in [-0.15, -0.1) is 0 Å². The van der Waals surface area contributed by atoms with E-state index in [1.54, 1.807) is 0 Å². The number of phosphoric acid groups is 1. The normalized spacial score (nSPS) is 14.2. The molecule has 0 aromatic heterocycles. The molecular weight excluding hydrogens is 904 g/mol. The molecular formula is C58H97O11P. The average Bonchev–Trinajstić information content (AvgIpc) is 3.35. The lowest BCUT2D eigenvalue weighted by atomic mass is 10.1. The van der Waals surface area contributed by atoms with Crippen LogP contribution in [0.25, 0.3) is 0 Å². The average molecular weight is 1000 g/mol. The van der Waals surface area contributed by atoms with Crippen molar-refractivity contribution >= 4 is 25.7 Å². The summed E-state index contributed by atoms with van der Waals surface area (Å²) in [7, 11) is -4.76. The van der Waals surface area contributed by atoms with Crippen LogP contribution >= 0.6 is 7.82 Å². The molecule has 0 spiro atoms. The summed E-state index contributed by atoms with van der Waals surface area (Å²) >= 11 is 0. The van der Waals surface area contributed by atoms with E-state index in [-0.39, 0.29) is 25.9 Å². The number of hydrogen-bond donors (Lipinski definition) is 2. The second kappa shape index (κ2) is 51.7. The first-order valence-corrected chi connectivity index (χ1v) is 28.6. The van der Waals surface area contributed by atoms with E-state index in [2.05, 4.69) is 118 Å². The molecule has 3 unspecified atom stereocenters. The van der Waals surface area contributed by atoms with Gasteiger partial charge in [-0.2, -0.15) is 0 Å². The van der Waals surface area contributed by atoms with Gasteiger partial charge in [-0.25, -0.2) is 4.57 Å². The number of rotatable bonds is 49. The molecule has 3 atom stereocenters. The molecule has 0 aromatic rings. The third-order valence-electron chi connectivity index (χ3n) is 11.0. The molecule has 0 aliphatic carbocycles. The van der Waals surface area contributed by atoms with E-state index in [0.29, 0.717) is 19.3 Å². The minimum atomic E-state index is -4.76. The van der Waals surface area contributed by atoms with Crippen LogP contribution in [0.5, 0.6) is 0 Å². The minimum Gasteiger partial charge on any atom is -0.462 e. The van der Waals surface area contributed by atoms with Gasteiger partial charge in [0.1, 0.15) is 12.7 Å². The maximum atomic E-state index is 12.9. The van der Waals surface area contributed by atoms with Crippen molar-refractivity contribution in [1.82, 2.24) is 0 Å². The molecule has 0 saturated carbocycles. The van der Waals surface area contributed by atoms with Gasteiger partial charge in [-0.3, -0.25) is 23.4 Å². The topological polar surface area (TPSA) is 155 Å². The van der Waals surface area contributed by atoms with Crippen LogP contribution in [0.3, 0.4) is 0 Å². The third kappa shape index (κ3) is 49.4. The first-order chi connectivity index (χ1) is 34.2. The summed E-state index contributed by atoms with van der Waals surface area (Å²) in [5.74, 6) is -1.53. The van der Waals surface area contributed by atoms with E-state index in [1.807, 2.05) is 0 Å². The van der Waals surface area contributed by atoms with Gasteiger partial charge in [0.2, 0.25) is 0 Å². The second-order valence-corrected chi connectivity index (χ2v) is 19.1. The van der Waals surface area contributed by atoms with Gasteiger partial charge in [0.15, 0.2) is 6.10 Å². The molecule has 0 aliphatic heterocycles. The van der Waals surface area contributed by atoms with Crippen LogP contribution in [-0.2, 0) is 42.2 Å². The number of carbonyl (C=O) groups excluding carboxylic acids is 3. The van der Waals surface area contributed by atoms with Gasteiger partial charge in [0.05, 0.1) is 19.8 Å². The largest absolute Gasteiger partial charge is 0.472 e. The molecule has 70 heavy (non-hydrogen) atoms. The highest BCUT2D eigenvalue weighted by Crippen LogP contribution is 2.43. The Morgan fingerprint density at radius 1 is 0.414 bits per heavy atom. The van der Waals surface area contributed by atoms with Crippen LogP contribution in [0.15, 0.2) is 97.2 Å². The van der Waals surface area contributed by atoms with Crippen LogP contribution in [0.2, 0.25) is 0 Å². The Labute approximate surface area is 425 Å². The van der Waals surface area contributed by atoms with Crippen LogP contribution in [-0.4, -0.2) is 66.5 Å². The second-order valence-electron chi connectivity index (χ2n) is 17.6. The van der Waals surface area contributed by atoms with Crippen molar-refractivity contribution in [2.24, 2.45) is 0 Å². The molecule has 0 amide bonds. The van der Waals surface area contributed by atoms with Crippen molar-refractivity contribution in [3.8, 4) is 0 Å². The molecule has 0 aromatic carbocycles. The lowest BCUT2D eigenvalue weighted by Gasteiger charge is -2.21. The fourth-order valence-electron chi connectivity index (χ4n) is 6.87. The number of hydrogen-bond acceptors (Lipinski definition) is 10. The standard InChI is InChI=1S/C58H97O11P/c1-4-7-10-13-16-19-22-24-26-27-29-30-33-35-38-41-44-47-56(60)65-51-55(69-58(62)49-46-43-40-37-34-31-28-25-23-20-17-14-11-8-5-2)53-67-70(63,64)66-52-54(50-59)68-57(61)48-45-42-39-36-32-21-18-15-12-9-6-3/h7-8,10-11,15-20,24-26,28-30,54-55,59H,4-6,9,12-14,21-23,27,31-53H2,1-3H3,(H,63,64)/b10-7-,11-8-,18-15-,19-16-,20-17-,26-24-,28-25-,30-29-. The fraction of sp³-hybridized carbons (Fsp3) is 0.672. The van der Waals surface area contributed by atoms with E-state index in [9.17, 15) is 28.9 Å². The molecule has 2 N–H and O–H groups in total. The van der Waals surface area contributed by atoms with E-state index >= 15 is 0 Å². The number of aliphatic hydroxyl groups is 1. The number of ether oxygens (including phenoxy) is 3. The minimum absolute atomic E-state index is 0.138. The Bertz CT molecular complexity index is 1540. The van der Waals surface area contributed by atoms with Gasteiger partial charge in [-0.05, 0) is 109 Å². The zero-order chi connectivity index (χ0) is 51.3. The van der Waals surface area contributed by atoms with Gasteiger partial charge in [-0.1, -0.05) is 182 Å². The SMILES string of the molecule is CC/C=C\C/C=C\C/C=C\C/C=C\CCCCCCC(=O)OCC(COP(=O)(O)OCC(CO)OC(=O)CCCCCCC/C=C\CCCC)OC(=O)CCCCCCC/C=C\C/C=C\C/C=C\CC. The molecule has 0 rings (SSSR count). The van der Waals surface area contributed by atoms with Gasteiger partial charge < -0.3 is 24.2 Å². The molecule has 0 saturated heterocycles. The zero-order valence-electron chi connectivity index (χ0n) is 43.9. The Morgan fingerprint density at radius 3 is 1.16 bits per heavy atom. The number of allylic oxidation sites excluding steroid dienone is 16. The Kier molecular flexibility index (Phi) is 49.1. The Morgan fingerprint density at radius 2 is 0.743 bits per heavy atom. The number of unbranched alkanes of at least 4 members (excludes halogenated alkanes) is 16. The molecule has 12 heteroatoms. The number of esters is 3. The highest BCUT2D eigenvalue weighted by molar-refractivity contribution is 7.47. The van der Waals surface area contributed by atoms with Gasteiger partial charge in [0.25, 0.3) is 0 Å². The summed E-state index contributed by atoms with van der Waals surface area (Å²) in [6, 6.07) is 0. The lowest BCUT2D eigenvalue weighted by Crippen LogP contribution is -2.30. The number of phosphoric ester groups is 1. The summed E-state index contributed by atoms with van der Waals surface area (Å²) in [4.78, 5) is 48.4. The zero-order valence-corrected chi connectivity index (χ0v) is 44.8. The quantitative estimate of drug-likeness (QED) is 0.0197. The molecule has 400 valence electrons. The van der Waals surface area contributed by atoms with Crippen LogP contribution in [0, 0.1) is 0 Å². The Balaban J connectivity index is 4.82. The van der Waals surface area contributed by atoms with Crippen molar-refractivity contribution in [2.75, 3.05) is 26.4 Å². The summed E-state index contributed by atoms with van der Waals surface area (Å²) in [5.41, 5.74) is 0. The van der Waals surface area contributed by atoms with Crippen molar-refractivity contribution in [3.05, 3.63) is 97.2 Å². The summed E-state index contributed by atoms with van der Waals surface area (Å²) in [6.07, 6.45) is 59.4. The fourth-order valence-corrected chi connectivity index (χ4v) is 7.65. The Hall–Kier alpha value is -3.60. The molecule has 0 heterocycles. The van der Waals surface area contributed by atoms with Crippen molar-refractivity contribution in [3.63, 3.8) is 0 Å². The van der Waals surface area contributed by atoms with Crippen LogP contribution < -0.4 is 0 Å². The molecule has 0 fully saturated rings. The van der Waals surface area contributed by atoms with Crippen LogP contribution in [0.1, 0.15) is 213 Å². The van der Waals surface area contributed by atoms with Crippen molar-refractivity contribution in [1.29, 1.82) is 0 Å². The van der Waals surface area contributed by atoms with E-state index < -0.39 is 57.8 Å². The maximum absolute atomic E-state index is 12.9. The van der Waals surface area contributed by atoms with E-state index in [0.717, 1.165) is 141 Å². The highest BCUT2D eigenvalue weighted by Gasteiger charge is 2.28. The maximum Gasteiger partial charge on any atom is 0.472 e. The predicted molar refractivity (Wildman–Crippen MR) is 288 cm³/mol. The van der Waals surface area contributed by atoms with Gasteiger partial charge in [0, 0.05) is 19.3 Å². The molecule has 11 nitrogen and oxygen atoms in total. The molecule has 0 aliphatic rings. The van der Waals surface area contributed by atoms with E-state index in [1.165, 1.54) is 12.8 Å². The summed E-state index contributed by atoms with van der Waals surface area (Å²) in [6.45, 7) is 4.30. The monoisotopic (exact) mass is 1000 g/mol. The number of aliphatic hydroxyl groups excluding tert-OH is 1. The first-order valence-electron chi connectivity index (χ1n) is 27.1. The molecule has 0 radical (unpaired) electrons. The highest BCUT2D eigenvalue weighted by atomic mass is 31.2. The van der Waals surface area contributed by atoms with Crippen LogP contribution in [0.4, 0.5) is 0 Å². The van der Waals surface area contributed by atoms with Crippen molar-refractivity contribution < 1.29 is 52.2 Å². The summed E-state index contributed by atoms with van der Waals surface area (Å²) in [5, 5.41) is 9.77. The predicted octanol–water partition coefficient (Wildman–Crippen LogP) is 15.7. The van der Waals surface area contributed by atoms with E-state index in [4.69, 9.17) is 23.3 Å². The smallest absolute Gasteiger partial charge is 0.462 e. The van der Waals surface area contributed by atoms with Gasteiger partial charge >= 0.3 is 25.7 Å². The van der Waals surface area contributed by atoms with Crippen molar-refractivity contribution in [2.45, 2.75) is 226 Å². The summed E-state index contributed by atoms with van der Waals surface area (Å²) < 4.78 is 39.4. The third-order valence-corrected chi connectivity index (χ3v) is 11.9. The first kappa shape index (κ1) is 66.4. The lowest BCUT2D eigenvalue weighted by molar-refractivity contribution is -0.161. The number of carbonyl (C=O) groups is 3.